The molecule has 1 aliphatic carbocycles. The third kappa shape index (κ3) is 2.55. The summed E-state index contributed by atoms with van der Waals surface area (Å²) < 4.78 is 17.5. The maximum Gasteiger partial charge on any atom is 0.277 e. The van der Waals surface area contributed by atoms with Crippen LogP contribution >= 0.6 is 55.3 Å². The van der Waals surface area contributed by atoms with Crippen molar-refractivity contribution in [1.29, 1.82) is 0 Å². The fourth-order valence-corrected chi connectivity index (χ4v) is 5.38. The lowest BCUT2D eigenvalue weighted by Gasteiger charge is -2.22. The summed E-state index contributed by atoms with van der Waals surface area (Å²) in [6.45, 7) is 0. The van der Waals surface area contributed by atoms with E-state index >= 15 is 0 Å². The Kier molecular flexibility index (Phi) is 4.29. The molecule has 0 N–H and O–H groups in total. The summed E-state index contributed by atoms with van der Waals surface area (Å²) in [5, 5.41) is 23.4. The monoisotopic (exact) mass is 518 g/mol. The molecule has 1 aromatic carbocycles. The number of nitrogens with zero attached hydrogens (tertiary/aromatic N) is 6. The van der Waals surface area contributed by atoms with Gasteiger partial charge in [-0.25, -0.2) is 0 Å². The highest BCUT2D eigenvalue weighted by atomic mass is 79.9. The van der Waals surface area contributed by atoms with Crippen molar-refractivity contribution in [3.05, 3.63) is 53.8 Å². The topological polar surface area (TPSA) is 138 Å². The molecule has 0 saturated carbocycles. The predicted molar refractivity (Wildman–Crippen MR) is 101 cm³/mol. The minimum atomic E-state index is -1.26. The number of nitro groups is 2. The molecule has 0 aliphatic heterocycles. The number of nitro benzene ring substituents is 1. The molecular weight excluding hydrogens is 516 g/mol. The lowest BCUT2D eigenvalue weighted by molar-refractivity contribution is -0.512. The molecule has 2 heterocycles. The first-order valence-electron chi connectivity index (χ1n) is 6.82. The van der Waals surface area contributed by atoms with Crippen LogP contribution in [0.5, 0.6) is 0 Å². The molecule has 2 aromatic heterocycles. The number of aromatic nitrogens is 4. The van der Waals surface area contributed by atoms with E-state index < -0.39 is 21.8 Å². The minimum Gasteiger partial charge on any atom is -0.264 e. The Morgan fingerprint density at radius 3 is 2.42 bits per heavy atom. The van der Waals surface area contributed by atoms with Gasteiger partial charge in [-0.2, -0.15) is 17.5 Å². The maximum absolute atomic E-state index is 11.7. The largest absolute Gasteiger partial charge is 0.277 e. The van der Waals surface area contributed by atoms with Gasteiger partial charge in [0.1, 0.15) is 22.6 Å². The van der Waals surface area contributed by atoms with Crippen molar-refractivity contribution in [2.45, 2.75) is 12.0 Å². The average Bonchev–Trinajstić information content (AvgIpc) is 3.24. The van der Waals surface area contributed by atoms with E-state index in [9.17, 15) is 20.2 Å². The van der Waals surface area contributed by atoms with E-state index in [0.717, 1.165) is 23.5 Å². The fraction of sp³-hybridized carbons (Fsp3) is 0.167. The predicted octanol–water partition coefficient (Wildman–Crippen LogP) is 3.74. The highest BCUT2D eigenvalue weighted by Gasteiger charge is 2.45. The summed E-state index contributed by atoms with van der Waals surface area (Å²) in [5.41, 5.74) is 1.25. The molecule has 0 bridgehead atoms. The fourth-order valence-electron chi connectivity index (χ4n) is 2.91. The van der Waals surface area contributed by atoms with E-state index in [0.29, 0.717) is 25.9 Å². The first-order valence-corrected chi connectivity index (χ1v) is 9.87. The second-order valence-corrected chi connectivity index (χ2v) is 8.04. The van der Waals surface area contributed by atoms with Crippen molar-refractivity contribution in [2.24, 2.45) is 0 Å². The average molecular weight is 520 g/mol. The zero-order valence-electron chi connectivity index (χ0n) is 12.2. The van der Waals surface area contributed by atoms with Crippen LogP contribution in [-0.4, -0.2) is 33.4 Å². The van der Waals surface area contributed by atoms with Crippen molar-refractivity contribution in [3.63, 3.8) is 0 Å². The smallest absolute Gasteiger partial charge is 0.264 e. The molecule has 0 fully saturated rings. The molecule has 2 atom stereocenters. The summed E-state index contributed by atoms with van der Waals surface area (Å²) >= 11 is 8.29. The van der Waals surface area contributed by atoms with Gasteiger partial charge in [0.15, 0.2) is 0 Å². The molecular formula is C12H4Br2N6O4S2. The van der Waals surface area contributed by atoms with E-state index in [1.807, 2.05) is 0 Å². The highest BCUT2D eigenvalue weighted by Crippen LogP contribution is 2.46. The number of benzene rings is 1. The van der Waals surface area contributed by atoms with Gasteiger partial charge in [-0.15, -0.1) is 0 Å². The van der Waals surface area contributed by atoms with Gasteiger partial charge < -0.3 is 0 Å². The lowest BCUT2D eigenvalue weighted by Crippen LogP contribution is -2.30. The maximum atomic E-state index is 11.7. The van der Waals surface area contributed by atoms with Crippen molar-refractivity contribution < 1.29 is 9.85 Å². The number of hydrogen-bond donors (Lipinski definition) is 0. The minimum absolute atomic E-state index is 0.119. The summed E-state index contributed by atoms with van der Waals surface area (Å²) in [6, 6.07) is 0.0358. The molecule has 0 amide bonds. The van der Waals surface area contributed by atoms with Crippen LogP contribution in [0.1, 0.15) is 22.9 Å². The van der Waals surface area contributed by atoms with Crippen LogP contribution in [0.25, 0.3) is 15.5 Å². The number of fused-ring (bicyclic) bond motifs is 2. The van der Waals surface area contributed by atoms with Crippen LogP contribution in [0, 0.1) is 20.2 Å². The van der Waals surface area contributed by atoms with Crippen LogP contribution in [0.15, 0.2) is 16.6 Å². The Hall–Kier alpha value is -1.90. The van der Waals surface area contributed by atoms with E-state index in [4.69, 9.17) is 0 Å². The molecule has 3 aromatic rings. The van der Waals surface area contributed by atoms with Crippen LogP contribution in [0.4, 0.5) is 5.69 Å². The molecule has 1 aliphatic rings. The number of hydrogen-bond acceptors (Lipinski definition) is 10. The van der Waals surface area contributed by atoms with Gasteiger partial charge in [0.25, 0.3) is 5.69 Å². The molecule has 0 spiro atoms. The first-order chi connectivity index (χ1) is 12.4. The van der Waals surface area contributed by atoms with Crippen molar-refractivity contribution >= 4 is 76.5 Å². The highest BCUT2D eigenvalue weighted by molar-refractivity contribution is 9.15. The van der Waals surface area contributed by atoms with E-state index in [2.05, 4.69) is 49.4 Å². The van der Waals surface area contributed by atoms with Crippen LogP contribution in [-0.2, 0) is 0 Å². The lowest BCUT2D eigenvalue weighted by atomic mass is 9.83. The molecule has 26 heavy (non-hydrogen) atoms. The van der Waals surface area contributed by atoms with E-state index in [-0.39, 0.29) is 16.8 Å². The standard InChI is InChI=1S/C12H4Br2N6O4S2/c13-3-1-5(19(21)22)7(11-9(3)15-25-17-11)8-6(20(23)24)2-4(14)10-12(8)18-26-16-10/h1-2,5,7H. The SMILES string of the molecule is O=[N+]([O-])c1cc(Br)c2nsnc2c1C1c2nsnc2C(Br)=CC1[N+](=O)[O-]. The first kappa shape index (κ1) is 17.5. The zero-order chi connectivity index (χ0) is 18.6. The van der Waals surface area contributed by atoms with Gasteiger partial charge in [-0.3, -0.25) is 20.2 Å². The van der Waals surface area contributed by atoms with Gasteiger partial charge in [0, 0.05) is 21.5 Å². The molecule has 4 rings (SSSR count). The normalized spacial score (nSPS) is 19.2. The zero-order valence-corrected chi connectivity index (χ0v) is 17.0. The summed E-state index contributed by atoms with van der Waals surface area (Å²) in [4.78, 5) is 22.3. The third-order valence-corrected chi connectivity index (χ3v) is 6.27. The van der Waals surface area contributed by atoms with Crippen molar-refractivity contribution in [3.8, 4) is 0 Å². The Morgan fingerprint density at radius 1 is 1.04 bits per heavy atom. The van der Waals surface area contributed by atoms with Gasteiger partial charge >= 0.3 is 0 Å². The van der Waals surface area contributed by atoms with Crippen LogP contribution < -0.4 is 0 Å². The summed E-state index contributed by atoms with van der Waals surface area (Å²) in [7, 11) is 0. The Morgan fingerprint density at radius 2 is 1.73 bits per heavy atom. The summed E-state index contributed by atoms with van der Waals surface area (Å²) in [5.74, 6) is -1.00. The number of halogens is 2. The molecule has 14 heteroatoms. The van der Waals surface area contributed by atoms with Crippen molar-refractivity contribution in [2.75, 3.05) is 0 Å². The quantitative estimate of drug-likeness (QED) is 0.376. The molecule has 0 saturated heterocycles. The number of rotatable bonds is 3. The Balaban J connectivity index is 2.10. The Bertz CT molecular complexity index is 1110. The molecule has 2 unspecified atom stereocenters. The van der Waals surface area contributed by atoms with Crippen LogP contribution in [0.2, 0.25) is 0 Å². The molecule has 10 nitrogen and oxygen atoms in total. The van der Waals surface area contributed by atoms with Crippen molar-refractivity contribution in [1.82, 2.24) is 17.5 Å². The van der Waals surface area contributed by atoms with Gasteiger partial charge in [-0.1, -0.05) is 0 Å². The third-order valence-electron chi connectivity index (χ3n) is 3.95. The molecule has 132 valence electrons. The van der Waals surface area contributed by atoms with Crippen LogP contribution in [0.3, 0.4) is 0 Å². The van der Waals surface area contributed by atoms with E-state index in [1.165, 1.54) is 12.1 Å². The second kappa shape index (κ2) is 6.37. The van der Waals surface area contributed by atoms with Gasteiger partial charge in [-0.05, 0) is 31.9 Å². The Labute approximate surface area is 169 Å². The second-order valence-electron chi connectivity index (χ2n) is 5.28. The summed E-state index contributed by atoms with van der Waals surface area (Å²) in [6.07, 6.45) is 1.38. The molecule has 0 radical (unpaired) electrons. The van der Waals surface area contributed by atoms with Gasteiger partial charge in [0.2, 0.25) is 6.04 Å². The van der Waals surface area contributed by atoms with Gasteiger partial charge in [0.05, 0.1) is 44.1 Å². The van der Waals surface area contributed by atoms with E-state index in [1.54, 1.807) is 0 Å².